The van der Waals surface area contributed by atoms with E-state index in [1.165, 1.54) is 25.1 Å². The van der Waals surface area contributed by atoms with Gasteiger partial charge >= 0.3 is 5.97 Å². The van der Waals surface area contributed by atoms with Crippen LogP contribution in [0.1, 0.15) is 18.1 Å². The second-order valence-corrected chi connectivity index (χ2v) is 4.28. The zero-order valence-electron chi connectivity index (χ0n) is 10.2. The maximum absolute atomic E-state index is 11.0. The van der Waals surface area contributed by atoms with E-state index in [0.29, 0.717) is 11.3 Å². The molecule has 0 aliphatic heterocycles. The fourth-order valence-corrected chi connectivity index (χ4v) is 1.85. The van der Waals surface area contributed by atoms with Crippen LogP contribution in [-0.2, 0) is 4.79 Å². The van der Waals surface area contributed by atoms with Gasteiger partial charge in [-0.1, -0.05) is 24.3 Å². The lowest BCUT2D eigenvalue weighted by atomic mass is 10.1. The van der Waals surface area contributed by atoms with Crippen molar-refractivity contribution < 1.29 is 15.0 Å². The Morgan fingerprint density at radius 3 is 2.68 bits per heavy atom. The molecule has 1 aromatic rings. The number of aliphatic carboxylic acids is 1. The smallest absolute Gasteiger partial charge is 0.328 e. The number of aliphatic hydroxyl groups excluding tert-OH is 1. The summed E-state index contributed by atoms with van der Waals surface area (Å²) in [6, 6.07) is 3.74. The van der Waals surface area contributed by atoms with Gasteiger partial charge in [-0.25, -0.2) is 4.79 Å². The number of carboxylic acids is 1. The van der Waals surface area contributed by atoms with Gasteiger partial charge < -0.3 is 15.5 Å². The number of carbonyl (C=O) groups is 1. The van der Waals surface area contributed by atoms with E-state index in [1.807, 2.05) is 6.07 Å². The predicted octanol–water partition coefficient (Wildman–Crippen LogP) is 2.10. The van der Waals surface area contributed by atoms with Gasteiger partial charge in [0.05, 0.1) is 16.7 Å². The number of nitrogens with zero attached hydrogens (tertiary/aromatic N) is 1. The highest BCUT2D eigenvalue weighted by Crippen LogP contribution is 2.29. The predicted molar refractivity (Wildman–Crippen MR) is 73.0 cm³/mol. The summed E-state index contributed by atoms with van der Waals surface area (Å²) in [5.41, 5.74) is 1.09. The van der Waals surface area contributed by atoms with Crippen molar-refractivity contribution >= 4 is 29.3 Å². The molecule has 0 aliphatic carbocycles. The number of nitriles is 1. The van der Waals surface area contributed by atoms with E-state index in [1.54, 1.807) is 0 Å². The molecule has 1 aromatic carbocycles. The number of aliphatic hydroxyl groups is 1. The largest absolute Gasteiger partial charge is 0.480 e. The minimum Gasteiger partial charge on any atom is -0.480 e. The Hall–Kier alpha value is -2.03. The third kappa shape index (κ3) is 3.25. The lowest BCUT2D eigenvalue weighted by Crippen LogP contribution is -2.39. The number of nitrogens with one attached hydrogen (secondary N) is 1. The van der Waals surface area contributed by atoms with Gasteiger partial charge in [0.1, 0.15) is 6.07 Å². The van der Waals surface area contributed by atoms with E-state index in [9.17, 15) is 9.90 Å². The molecule has 5 nitrogen and oxygen atoms in total. The Labute approximate surface area is 115 Å². The highest BCUT2D eigenvalue weighted by atomic mass is 35.5. The van der Waals surface area contributed by atoms with Crippen LogP contribution in [-0.4, -0.2) is 28.3 Å². The molecule has 0 saturated heterocycles. The number of rotatable bonds is 5. The second-order valence-electron chi connectivity index (χ2n) is 3.91. The minimum atomic E-state index is -1.19. The Kier molecular flexibility index (Phi) is 4.93. The van der Waals surface area contributed by atoms with Crippen molar-refractivity contribution in [2.24, 2.45) is 0 Å². The van der Waals surface area contributed by atoms with E-state index >= 15 is 0 Å². The Morgan fingerprint density at radius 1 is 1.63 bits per heavy atom. The average molecular weight is 281 g/mol. The Bertz CT molecular complexity index is 550. The summed E-state index contributed by atoms with van der Waals surface area (Å²) >= 11 is 6.01. The average Bonchev–Trinajstić information content (AvgIpc) is 2.35. The molecule has 0 spiro atoms. The van der Waals surface area contributed by atoms with E-state index in [4.69, 9.17) is 22.0 Å². The number of hydrogen-bond donors (Lipinski definition) is 3. The zero-order chi connectivity index (χ0) is 14.6. The second kappa shape index (κ2) is 6.23. The first-order valence-electron chi connectivity index (χ1n) is 5.44. The molecule has 100 valence electrons. The summed E-state index contributed by atoms with van der Waals surface area (Å²) in [4.78, 5) is 11.0. The molecule has 0 amide bonds. The van der Waals surface area contributed by atoms with Crippen molar-refractivity contribution in [3.05, 3.63) is 34.9 Å². The fourth-order valence-electron chi connectivity index (χ4n) is 1.56. The molecule has 0 saturated carbocycles. The number of halogens is 1. The van der Waals surface area contributed by atoms with E-state index in [0.717, 1.165) is 0 Å². The topological polar surface area (TPSA) is 93.3 Å². The fraction of sp³-hybridized carbons (Fsp3) is 0.231. The van der Waals surface area contributed by atoms with Gasteiger partial charge in [-0.2, -0.15) is 5.26 Å². The van der Waals surface area contributed by atoms with Crippen LogP contribution in [0.3, 0.4) is 0 Å². The van der Waals surface area contributed by atoms with Gasteiger partial charge in [0.2, 0.25) is 0 Å². The minimum absolute atomic E-state index is 0.192. The van der Waals surface area contributed by atoms with Crippen LogP contribution >= 0.6 is 11.6 Å². The maximum Gasteiger partial charge on any atom is 0.328 e. The molecule has 0 unspecified atom stereocenters. The monoisotopic (exact) mass is 280 g/mol. The van der Waals surface area contributed by atoms with Crippen molar-refractivity contribution in [3.8, 4) is 6.07 Å². The van der Waals surface area contributed by atoms with Gasteiger partial charge in [-0.05, 0) is 19.1 Å². The summed E-state index contributed by atoms with van der Waals surface area (Å²) in [6.07, 6.45) is 0.330. The summed E-state index contributed by atoms with van der Waals surface area (Å²) in [7, 11) is 0. The molecule has 0 aromatic heterocycles. The molecule has 1 rings (SSSR count). The first-order valence-corrected chi connectivity index (χ1v) is 5.82. The molecule has 3 N–H and O–H groups in total. The molecule has 2 atom stereocenters. The van der Waals surface area contributed by atoms with Crippen LogP contribution in [0.2, 0.25) is 5.02 Å². The quantitative estimate of drug-likeness (QED) is 0.768. The maximum atomic E-state index is 11.0. The lowest BCUT2D eigenvalue weighted by Gasteiger charge is -2.20. The van der Waals surface area contributed by atoms with Crippen molar-refractivity contribution in [2.45, 2.75) is 19.1 Å². The van der Waals surface area contributed by atoms with Crippen LogP contribution in [0.4, 0.5) is 5.69 Å². The molecule has 0 radical (unpaired) electrons. The van der Waals surface area contributed by atoms with Crippen molar-refractivity contribution in [1.82, 2.24) is 0 Å². The standard InChI is InChI=1S/C13H13ClN2O3/c1-3-9-10(5-4-8(6-15)11(9)14)16-12(7(2)17)13(18)19/h3-5,7,12,16-17H,1H2,2H3,(H,18,19)/t7-,12+/m0/s1. The molecule has 0 bridgehead atoms. The van der Waals surface area contributed by atoms with Gasteiger partial charge in [-0.15, -0.1) is 0 Å². The molecule has 6 heteroatoms. The Balaban J connectivity index is 3.22. The number of benzene rings is 1. The highest BCUT2D eigenvalue weighted by Gasteiger charge is 2.24. The van der Waals surface area contributed by atoms with E-state index in [-0.39, 0.29) is 10.6 Å². The molecule has 0 aliphatic rings. The molecular weight excluding hydrogens is 268 g/mol. The number of carboxylic acid groups (broad SMARTS) is 1. The van der Waals surface area contributed by atoms with Crippen molar-refractivity contribution in [3.63, 3.8) is 0 Å². The van der Waals surface area contributed by atoms with E-state index < -0.39 is 18.1 Å². The third-order valence-electron chi connectivity index (χ3n) is 2.56. The summed E-state index contributed by atoms with van der Waals surface area (Å²) in [6.45, 7) is 4.95. The molecule has 19 heavy (non-hydrogen) atoms. The summed E-state index contributed by atoms with van der Waals surface area (Å²) < 4.78 is 0. The zero-order valence-corrected chi connectivity index (χ0v) is 11.0. The highest BCUT2D eigenvalue weighted by molar-refractivity contribution is 6.33. The van der Waals surface area contributed by atoms with Crippen LogP contribution in [0.5, 0.6) is 0 Å². The van der Waals surface area contributed by atoms with Crippen molar-refractivity contribution in [2.75, 3.05) is 5.32 Å². The number of hydrogen-bond acceptors (Lipinski definition) is 4. The Morgan fingerprint density at radius 2 is 2.26 bits per heavy atom. The van der Waals surface area contributed by atoms with Crippen LogP contribution in [0, 0.1) is 11.3 Å². The van der Waals surface area contributed by atoms with Crippen LogP contribution < -0.4 is 5.32 Å². The van der Waals surface area contributed by atoms with Crippen LogP contribution in [0.25, 0.3) is 6.08 Å². The molecular formula is C13H13ClN2O3. The third-order valence-corrected chi connectivity index (χ3v) is 2.97. The summed E-state index contributed by atoms with van der Waals surface area (Å²) in [5.74, 6) is -1.19. The van der Waals surface area contributed by atoms with Crippen LogP contribution in [0.15, 0.2) is 18.7 Å². The van der Waals surface area contributed by atoms with Gasteiger partial charge in [0, 0.05) is 11.3 Å². The van der Waals surface area contributed by atoms with E-state index in [2.05, 4.69) is 11.9 Å². The van der Waals surface area contributed by atoms with Crippen molar-refractivity contribution in [1.29, 1.82) is 5.26 Å². The molecule has 0 fully saturated rings. The first kappa shape index (κ1) is 15.0. The number of anilines is 1. The normalized spacial score (nSPS) is 13.2. The first-order chi connectivity index (χ1) is 8.92. The SMILES string of the molecule is C=Cc1c(N[C@@H](C(=O)O)[C@H](C)O)ccc(C#N)c1Cl. The molecule has 0 heterocycles. The van der Waals surface area contributed by atoms with Gasteiger partial charge in [0.25, 0.3) is 0 Å². The lowest BCUT2D eigenvalue weighted by molar-refractivity contribution is -0.140. The van der Waals surface area contributed by atoms with Gasteiger partial charge in [0.15, 0.2) is 6.04 Å². The van der Waals surface area contributed by atoms with Gasteiger partial charge in [-0.3, -0.25) is 0 Å². The summed E-state index contributed by atoms with van der Waals surface area (Å²) in [5, 5.41) is 30.2.